The van der Waals surface area contributed by atoms with Gasteiger partial charge in [0.25, 0.3) is 0 Å². The lowest BCUT2D eigenvalue weighted by atomic mass is 10.1. The van der Waals surface area contributed by atoms with Crippen molar-refractivity contribution in [3.63, 3.8) is 0 Å². The molecule has 3 aromatic rings. The highest BCUT2D eigenvalue weighted by Crippen LogP contribution is 2.16. The average molecular weight is 523 g/mol. The van der Waals surface area contributed by atoms with Gasteiger partial charge in [0.2, 0.25) is 0 Å². The third kappa shape index (κ3) is 5.94. The quantitative estimate of drug-likeness (QED) is 0.286. The molecule has 3 rings (SSSR count). The average Bonchev–Trinajstić information content (AvgIpc) is 3.22. The molecular formula is C22H27FIN5O. The Morgan fingerprint density at radius 1 is 1.20 bits per heavy atom. The van der Waals surface area contributed by atoms with Crippen LogP contribution >= 0.6 is 24.0 Å². The molecule has 0 aliphatic rings. The van der Waals surface area contributed by atoms with Crippen molar-refractivity contribution in [3.8, 4) is 11.4 Å². The molecule has 2 N–H and O–H groups in total. The summed E-state index contributed by atoms with van der Waals surface area (Å²) in [5.74, 6) is 1.22. The fourth-order valence-corrected chi connectivity index (χ4v) is 2.87. The Morgan fingerprint density at radius 2 is 1.93 bits per heavy atom. The zero-order chi connectivity index (χ0) is 20.8. The van der Waals surface area contributed by atoms with Gasteiger partial charge in [-0.3, -0.25) is 4.99 Å². The molecule has 160 valence electrons. The van der Waals surface area contributed by atoms with Crippen LogP contribution in [0.2, 0.25) is 0 Å². The van der Waals surface area contributed by atoms with Crippen molar-refractivity contribution in [1.29, 1.82) is 0 Å². The van der Waals surface area contributed by atoms with Gasteiger partial charge in [-0.25, -0.2) is 9.07 Å². The number of guanidine groups is 1. The molecule has 0 bridgehead atoms. The summed E-state index contributed by atoms with van der Waals surface area (Å²) >= 11 is 0. The minimum Gasteiger partial charge on any atom is -0.497 e. The SMILES string of the molecule is CN=C(NCc1ccn(-c2ccc(OC)cc2)n1)NC(C)c1ccc(C)c(F)c1.I. The Labute approximate surface area is 193 Å². The molecule has 30 heavy (non-hydrogen) atoms. The number of rotatable bonds is 6. The fourth-order valence-electron chi connectivity index (χ4n) is 2.87. The largest absolute Gasteiger partial charge is 0.497 e. The van der Waals surface area contributed by atoms with E-state index >= 15 is 0 Å². The summed E-state index contributed by atoms with van der Waals surface area (Å²) in [7, 11) is 3.34. The number of methoxy groups -OCH3 is 1. The number of nitrogens with zero attached hydrogens (tertiary/aromatic N) is 3. The number of hydrogen-bond acceptors (Lipinski definition) is 3. The second-order valence-electron chi connectivity index (χ2n) is 6.75. The van der Waals surface area contributed by atoms with Crippen molar-refractivity contribution in [2.45, 2.75) is 26.4 Å². The number of aliphatic imine (C=N–C) groups is 1. The molecule has 0 radical (unpaired) electrons. The van der Waals surface area contributed by atoms with Crippen LogP contribution in [-0.4, -0.2) is 29.9 Å². The van der Waals surface area contributed by atoms with Crippen molar-refractivity contribution in [1.82, 2.24) is 20.4 Å². The molecule has 0 fully saturated rings. The van der Waals surface area contributed by atoms with E-state index in [0.717, 1.165) is 22.7 Å². The summed E-state index contributed by atoms with van der Waals surface area (Å²) in [4.78, 5) is 4.24. The number of hydrogen-bond donors (Lipinski definition) is 2. The topological polar surface area (TPSA) is 63.5 Å². The van der Waals surface area contributed by atoms with Gasteiger partial charge >= 0.3 is 0 Å². The van der Waals surface area contributed by atoms with Crippen molar-refractivity contribution in [3.05, 3.63) is 77.4 Å². The second-order valence-corrected chi connectivity index (χ2v) is 6.75. The zero-order valence-corrected chi connectivity index (χ0v) is 19.8. The first-order valence-corrected chi connectivity index (χ1v) is 9.42. The van der Waals surface area contributed by atoms with Crippen LogP contribution in [0.1, 0.15) is 29.8 Å². The number of benzene rings is 2. The molecule has 8 heteroatoms. The van der Waals surface area contributed by atoms with E-state index in [9.17, 15) is 4.39 Å². The van der Waals surface area contributed by atoms with Crippen LogP contribution in [0.25, 0.3) is 5.69 Å². The molecule has 0 saturated heterocycles. The maximum Gasteiger partial charge on any atom is 0.191 e. The lowest BCUT2D eigenvalue weighted by molar-refractivity contribution is 0.414. The Hall–Kier alpha value is -2.62. The highest BCUT2D eigenvalue weighted by atomic mass is 127. The van der Waals surface area contributed by atoms with Crippen LogP contribution in [0.5, 0.6) is 5.75 Å². The normalized spacial score (nSPS) is 12.1. The van der Waals surface area contributed by atoms with Gasteiger partial charge in [0.15, 0.2) is 5.96 Å². The van der Waals surface area contributed by atoms with E-state index in [4.69, 9.17) is 4.74 Å². The molecule has 1 unspecified atom stereocenters. The first-order valence-electron chi connectivity index (χ1n) is 9.42. The van der Waals surface area contributed by atoms with Crippen LogP contribution < -0.4 is 15.4 Å². The number of aryl methyl sites for hydroxylation is 1. The molecule has 0 aliphatic heterocycles. The molecule has 0 saturated carbocycles. The lowest BCUT2D eigenvalue weighted by Crippen LogP contribution is -2.38. The van der Waals surface area contributed by atoms with E-state index < -0.39 is 0 Å². The molecule has 1 aromatic heterocycles. The maximum atomic E-state index is 13.8. The third-order valence-electron chi connectivity index (χ3n) is 4.69. The molecule has 1 atom stereocenters. The van der Waals surface area contributed by atoms with Crippen LogP contribution in [0.15, 0.2) is 59.7 Å². The van der Waals surface area contributed by atoms with Gasteiger partial charge < -0.3 is 15.4 Å². The molecular weight excluding hydrogens is 496 g/mol. The van der Waals surface area contributed by atoms with Gasteiger partial charge in [-0.05, 0) is 61.4 Å². The summed E-state index contributed by atoms with van der Waals surface area (Å²) < 4.78 is 20.8. The van der Waals surface area contributed by atoms with Crippen LogP contribution in [0, 0.1) is 12.7 Å². The van der Waals surface area contributed by atoms with Gasteiger partial charge in [-0.2, -0.15) is 5.10 Å². The van der Waals surface area contributed by atoms with E-state index in [1.165, 1.54) is 0 Å². The molecule has 0 aliphatic carbocycles. The molecule has 1 heterocycles. The molecule has 2 aromatic carbocycles. The Morgan fingerprint density at radius 3 is 2.57 bits per heavy atom. The highest BCUT2D eigenvalue weighted by Gasteiger charge is 2.10. The van der Waals surface area contributed by atoms with Gasteiger partial charge in [0.1, 0.15) is 11.6 Å². The highest BCUT2D eigenvalue weighted by molar-refractivity contribution is 14.0. The van der Waals surface area contributed by atoms with Crippen LogP contribution in [-0.2, 0) is 6.54 Å². The van der Waals surface area contributed by atoms with E-state index in [1.54, 1.807) is 33.2 Å². The number of nitrogens with one attached hydrogen (secondary N) is 2. The van der Waals surface area contributed by atoms with Gasteiger partial charge in [-0.1, -0.05) is 12.1 Å². The van der Waals surface area contributed by atoms with E-state index in [0.29, 0.717) is 18.1 Å². The Kier molecular flexibility index (Phi) is 8.64. The maximum absolute atomic E-state index is 13.8. The minimum atomic E-state index is -0.205. The third-order valence-corrected chi connectivity index (χ3v) is 4.69. The van der Waals surface area contributed by atoms with E-state index in [2.05, 4.69) is 20.7 Å². The summed E-state index contributed by atoms with van der Waals surface area (Å²) in [6.45, 7) is 4.23. The summed E-state index contributed by atoms with van der Waals surface area (Å²) in [5, 5.41) is 11.1. The number of ether oxygens (including phenoxy) is 1. The Balaban J connectivity index is 0.00000320. The van der Waals surface area contributed by atoms with Crippen molar-refractivity contribution < 1.29 is 9.13 Å². The molecule has 0 spiro atoms. The summed E-state index contributed by atoms with van der Waals surface area (Å²) in [5.41, 5.74) is 3.32. The first-order chi connectivity index (χ1) is 14.0. The van der Waals surface area contributed by atoms with Gasteiger partial charge in [-0.15, -0.1) is 24.0 Å². The summed E-state index contributed by atoms with van der Waals surface area (Å²) in [6.07, 6.45) is 1.91. The van der Waals surface area contributed by atoms with E-state index in [1.807, 2.05) is 54.2 Å². The van der Waals surface area contributed by atoms with E-state index in [-0.39, 0.29) is 35.8 Å². The minimum absolute atomic E-state index is 0. The fraction of sp³-hybridized carbons (Fsp3) is 0.273. The molecule has 6 nitrogen and oxygen atoms in total. The monoisotopic (exact) mass is 523 g/mol. The second kappa shape index (κ2) is 11.0. The van der Waals surface area contributed by atoms with Gasteiger partial charge in [0, 0.05) is 13.2 Å². The van der Waals surface area contributed by atoms with Crippen molar-refractivity contribution in [2.24, 2.45) is 4.99 Å². The van der Waals surface area contributed by atoms with Crippen LogP contribution in [0.3, 0.4) is 0 Å². The number of aromatic nitrogens is 2. The molecule has 0 amide bonds. The predicted octanol–water partition coefficient (Wildman–Crippen LogP) is 4.37. The predicted molar refractivity (Wildman–Crippen MR) is 128 cm³/mol. The first kappa shape index (κ1) is 23.7. The van der Waals surface area contributed by atoms with Crippen molar-refractivity contribution in [2.75, 3.05) is 14.2 Å². The zero-order valence-electron chi connectivity index (χ0n) is 17.5. The Bertz CT molecular complexity index is 987. The van der Waals surface area contributed by atoms with Crippen molar-refractivity contribution >= 4 is 29.9 Å². The lowest BCUT2D eigenvalue weighted by Gasteiger charge is -2.18. The van der Waals surface area contributed by atoms with Crippen LogP contribution in [0.4, 0.5) is 4.39 Å². The van der Waals surface area contributed by atoms with Gasteiger partial charge in [0.05, 0.1) is 31.1 Å². The standard InChI is InChI=1S/C22H26FN5O.HI/c1-15-5-6-17(13-21(15)23)16(2)26-22(24-3)25-14-18-11-12-28(27-18)19-7-9-20(29-4)10-8-19;/h5-13,16H,14H2,1-4H3,(H2,24,25,26);1H. The summed E-state index contributed by atoms with van der Waals surface area (Å²) in [6, 6.07) is 14.8. The number of halogens is 2. The smallest absolute Gasteiger partial charge is 0.191 e.